The van der Waals surface area contributed by atoms with Crippen LogP contribution in [0.5, 0.6) is 0 Å². The van der Waals surface area contributed by atoms with E-state index in [9.17, 15) is 14.4 Å². The van der Waals surface area contributed by atoms with Gasteiger partial charge in [-0.25, -0.2) is 0 Å². The minimum Gasteiger partial charge on any atom is -0.326 e. The van der Waals surface area contributed by atoms with Crippen molar-refractivity contribution in [1.82, 2.24) is 15.2 Å². The van der Waals surface area contributed by atoms with E-state index in [1.54, 1.807) is 19.1 Å². The Kier molecular flexibility index (Phi) is 7.09. The lowest BCUT2D eigenvalue weighted by atomic mass is 10.1. The number of hydrogen-bond donors (Lipinski definition) is 3. The average Bonchev–Trinajstić information content (AvgIpc) is 2.71. The average molecular weight is 452 g/mol. The van der Waals surface area contributed by atoms with E-state index in [0.29, 0.717) is 11.3 Å². The summed E-state index contributed by atoms with van der Waals surface area (Å²) in [6.07, 6.45) is 0. The largest absolute Gasteiger partial charge is 0.326 e. The van der Waals surface area contributed by atoms with Crippen LogP contribution in [0.2, 0.25) is 0 Å². The first-order valence-electron chi connectivity index (χ1n) is 10.0. The molecule has 2 aromatic carbocycles. The van der Waals surface area contributed by atoms with Gasteiger partial charge in [-0.2, -0.15) is 0 Å². The molecule has 0 fully saturated rings. The Labute approximate surface area is 190 Å². The minimum atomic E-state index is -0.514. The molecular formula is C23H25N5O3S. The van der Waals surface area contributed by atoms with Gasteiger partial charge in [0.1, 0.15) is 0 Å². The molecule has 3 aromatic rings. The number of carbonyl (C=O) groups is 2. The molecule has 8 nitrogen and oxygen atoms in total. The number of thioether (sulfide) groups is 1. The lowest BCUT2D eigenvalue weighted by molar-refractivity contribution is -0.115. The normalized spacial score (nSPS) is 11.7. The number of nitrogens with one attached hydrogen (secondary N) is 3. The van der Waals surface area contributed by atoms with E-state index in [2.05, 4.69) is 25.8 Å². The van der Waals surface area contributed by atoms with E-state index < -0.39 is 10.8 Å². The SMILES string of the molecule is CC(=O)Nc1ccc(C)cc1-c1nnc(SC(C)C(=O)Nc2ccc(C)cc2C)[nH]c1=O. The van der Waals surface area contributed by atoms with Gasteiger partial charge in [-0.15, -0.1) is 10.2 Å². The molecule has 32 heavy (non-hydrogen) atoms. The molecule has 0 aliphatic carbocycles. The van der Waals surface area contributed by atoms with Gasteiger partial charge in [0.2, 0.25) is 11.8 Å². The number of amides is 2. The molecule has 0 aliphatic heterocycles. The molecule has 1 heterocycles. The fourth-order valence-electron chi connectivity index (χ4n) is 3.11. The molecule has 0 aliphatic rings. The number of aromatic nitrogens is 3. The molecule has 1 aromatic heterocycles. The highest BCUT2D eigenvalue weighted by atomic mass is 32.2. The summed E-state index contributed by atoms with van der Waals surface area (Å²) in [4.78, 5) is 39.5. The van der Waals surface area contributed by atoms with Crippen LogP contribution in [-0.2, 0) is 9.59 Å². The summed E-state index contributed by atoms with van der Waals surface area (Å²) in [5.41, 5.74) is 4.33. The van der Waals surface area contributed by atoms with E-state index in [1.165, 1.54) is 6.92 Å². The maximum absolute atomic E-state index is 12.7. The number of nitrogens with zero attached hydrogens (tertiary/aromatic N) is 2. The van der Waals surface area contributed by atoms with Gasteiger partial charge in [-0.1, -0.05) is 41.1 Å². The first-order chi connectivity index (χ1) is 15.1. The highest BCUT2D eigenvalue weighted by molar-refractivity contribution is 8.00. The van der Waals surface area contributed by atoms with E-state index in [-0.39, 0.29) is 22.7 Å². The van der Waals surface area contributed by atoms with Crippen LogP contribution in [0.1, 0.15) is 30.5 Å². The molecule has 0 spiro atoms. The van der Waals surface area contributed by atoms with Crippen molar-refractivity contribution in [3.8, 4) is 11.3 Å². The number of benzene rings is 2. The van der Waals surface area contributed by atoms with E-state index in [0.717, 1.165) is 34.1 Å². The van der Waals surface area contributed by atoms with Gasteiger partial charge in [0.25, 0.3) is 5.56 Å². The van der Waals surface area contributed by atoms with Gasteiger partial charge in [0.15, 0.2) is 10.9 Å². The number of H-pyrrole nitrogens is 1. The van der Waals surface area contributed by atoms with Gasteiger partial charge in [0.05, 0.1) is 10.9 Å². The Bertz CT molecular complexity index is 1240. The Hall–Kier alpha value is -3.46. The zero-order valence-corrected chi connectivity index (χ0v) is 19.4. The predicted octanol–water partition coefficient (Wildman–Crippen LogP) is 3.83. The fraction of sp³-hybridized carbons (Fsp3) is 0.261. The van der Waals surface area contributed by atoms with Gasteiger partial charge in [-0.3, -0.25) is 19.4 Å². The second kappa shape index (κ2) is 9.78. The van der Waals surface area contributed by atoms with Crippen LogP contribution in [0, 0.1) is 20.8 Å². The number of aromatic amines is 1. The maximum atomic E-state index is 12.7. The van der Waals surface area contributed by atoms with Crippen LogP contribution in [0.15, 0.2) is 46.3 Å². The van der Waals surface area contributed by atoms with E-state index in [4.69, 9.17) is 0 Å². The maximum Gasteiger partial charge on any atom is 0.278 e. The number of rotatable bonds is 6. The van der Waals surface area contributed by atoms with E-state index >= 15 is 0 Å². The summed E-state index contributed by atoms with van der Waals surface area (Å²) in [5.74, 6) is -0.462. The standard InChI is InChI=1S/C23H25N5O3S/c1-12-6-8-18(14(3)10-12)25-21(30)15(4)32-23-26-22(31)20(27-28-23)17-11-13(2)7-9-19(17)24-16(5)29/h6-11,15H,1-5H3,(H,24,29)(H,25,30)(H,26,28,31). The molecule has 2 amide bonds. The number of hydrogen-bond acceptors (Lipinski definition) is 6. The van der Waals surface area contributed by atoms with Crippen molar-refractivity contribution < 1.29 is 9.59 Å². The lowest BCUT2D eigenvalue weighted by Gasteiger charge is -2.13. The van der Waals surface area contributed by atoms with Gasteiger partial charge >= 0.3 is 0 Å². The predicted molar refractivity (Wildman–Crippen MR) is 127 cm³/mol. The smallest absolute Gasteiger partial charge is 0.278 e. The van der Waals surface area contributed by atoms with Crippen LogP contribution >= 0.6 is 11.8 Å². The van der Waals surface area contributed by atoms with Crippen molar-refractivity contribution in [2.75, 3.05) is 10.6 Å². The van der Waals surface area contributed by atoms with Gasteiger partial charge in [0, 0.05) is 18.2 Å². The fourth-order valence-corrected chi connectivity index (χ4v) is 3.85. The minimum absolute atomic E-state index is 0.0918. The summed E-state index contributed by atoms with van der Waals surface area (Å²) < 4.78 is 0. The highest BCUT2D eigenvalue weighted by Crippen LogP contribution is 2.26. The molecule has 3 rings (SSSR count). The summed E-state index contributed by atoms with van der Waals surface area (Å²) in [6, 6.07) is 11.1. The molecule has 9 heteroatoms. The van der Waals surface area contributed by atoms with Crippen LogP contribution in [0.4, 0.5) is 11.4 Å². The molecule has 0 saturated carbocycles. The van der Waals surface area contributed by atoms with Crippen LogP contribution in [0.25, 0.3) is 11.3 Å². The van der Waals surface area contributed by atoms with Crippen molar-refractivity contribution in [2.24, 2.45) is 0 Å². The summed E-state index contributed by atoms with van der Waals surface area (Å²) in [5, 5.41) is 13.5. The third-order valence-corrected chi connectivity index (χ3v) is 5.69. The molecule has 0 bridgehead atoms. The van der Waals surface area contributed by atoms with Crippen molar-refractivity contribution >= 4 is 35.0 Å². The summed E-state index contributed by atoms with van der Waals surface area (Å²) >= 11 is 1.11. The number of aryl methyl sites for hydroxylation is 3. The van der Waals surface area contributed by atoms with Crippen molar-refractivity contribution in [3.63, 3.8) is 0 Å². The monoisotopic (exact) mass is 451 g/mol. The van der Waals surface area contributed by atoms with Crippen molar-refractivity contribution in [1.29, 1.82) is 0 Å². The Morgan fingerprint density at radius 3 is 2.25 bits per heavy atom. The van der Waals surface area contributed by atoms with Crippen LogP contribution in [0.3, 0.4) is 0 Å². The molecule has 0 saturated heterocycles. The third-order valence-electron chi connectivity index (χ3n) is 4.71. The number of carbonyl (C=O) groups excluding carboxylic acids is 2. The lowest BCUT2D eigenvalue weighted by Crippen LogP contribution is -2.24. The van der Waals surface area contributed by atoms with E-state index in [1.807, 2.05) is 45.0 Å². The second-order valence-electron chi connectivity index (χ2n) is 7.61. The zero-order chi connectivity index (χ0) is 23.4. The summed E-state index contributed by atoms with van der Waals surface area (Å²) in [7, 11) is 0. The second-order valence-corrected chi connectivity index (χ2v) is 8.94. The van der Waals surface area contributed by atoms with Crippen molar-refractivity contribution in [2.45, 2.75) is 45.0 Å². The molecule has 3 N–H and O–H groups in total. The number of anilines is 2. The molecule has 0 radical (unpaired) electrons. The topological polar surface area (TPSA) is 117 Å². The first kappa shape index (κ1) is 23.2. The zero-order valence-electron chi connectivity index (χ0n) is 18.6. The third kappa shape index (κ3) is 5.61. The van der Waals surface area contributed by atoms with Crippen molar-refractivity contribution in [3.05, 3.63) is 63.4 Å². The Morgan fingerprint density at radius 1 is 0.969 bits per heavy atom. The van der Waals surface area contributed by atoms with Crippen LogP contribution < -0.4 is 16.2 Å². The summed E-state index contributed by atoms with van der Waals surface area (Å²) in [6.45, 7) is 8.92. The first-order valence-corrected chi connectivity index (χ1v) is 10.9. The molecule has 1 unspecified atom stereocenters. The molecule has 166 valence electrons. The Balaban J connectivity index is 1.78. The quantitative estimate of drug-likeness (QED) is 0.490. The highest BCUT2D eigenvalue weighted by Gasteiger charge is 2.19. The molecule has 1 atom stereocenters. The van der Waals surface area contributed by atoms with Gasteiger partial charge in [-0.05, 0) is 51.5 Å². The van der Waals surface area contributed by atoms with Gasteiger partial charge < -0.3 is 10.6 Å². The van der Waals surface area contributed by atoms with Crippen LogP contribution in [-0.4, -0.2) is 32.2 Å². The molecular weight excluding hydrogens is 426 g/mol. The Morgan fingerprint density at radius 2 is 1.62 bits per heavy atom.